The topological polar surface area (TPSA) is 84.3 Å². The van der Waals surface area contributed by atoms with E-state index >= 15 is 0 Å². The van der Waals surface area contributed by atoms with E-state index in [1.165, 1.54) is 5.38 Å². The van der Waals surface area contributed by atoms with Gasteiger partial charge in [-0.25, -0.2) is 18.2 Å². The summed E-state index contributed by atoms with van der Waals surface area (Å²) < 4.78 is 23.2. The highest BCUT2D eigenvalue weighted by molar-refractivity contribution is 7.90. The minimum absolute atomic E-state index is 0.0579. The molecule has 1 rings (SSSR count). The van der Waals surface area contributed by atoms with Crippen LogP contribution in [0.25, 0.3) is 0 Å². The van der Waals surface area contributed by atoms with E-state index in [9.17, 15) is 13.2 Å². The molecule has 5 nitrogen and oxygen atoms in total. The molecular formula is C9H13NO4S2. The number of carbonyl (C=O) groups is 1. The molecule has 0 amide bonds. The van der Waals surface area contributed by atoms with Gasteiger partial charge in [0, 0.05) is 5.38 Å². The molecule has 0 aliphatic rings. The number of hydrogen-bond donors (Lipinski definition) is 1. The molecule has 0 atom stereocenters. The van der Waals surface area contributed by atoms with Gasteiger partial charge in [-0.15, -0.1) is 11.3 Å². The molecule has 0 fully saturated rings. The van der Waals surface area contributed by atoms with Gasteiger partial charge in [-0.05, 0) is 5.92 Å². The molecule has 7 heteroatoms. The Bertz CT molecular complexity index is 475. The van der Waals surface area contributed by atoms with Gasteiger partial charge in [0.05, 0.1) is 17.2 Å². The Hall–Kier alpha value is -0.950. The molecule has 0 spiro atoms. The highest BCUT2D eigenvalue weighted by Gasteiger charge is 2.17. The lowest BCUT2D eigenvalue weighted by Crippen LogP contribution is -2.14. The first-order valence-corrected chi connectivity index (χ1v) is 7.38. The highest BCUT2D eigenvalue weighted by Crippen LogP contribution is 2.14. The van der Waals surface area contributed by atoms with Crippen LogP contribution in [0.2, 0.25) is 0 Å². The summed E-state index contributed by atoms with van der Waals surface area (Å²) in [4.78, 5) is 14.3. The molecule has 0 unspecified atom stereocenters. The first-order chi connectivity index (χ1) is 7.30. The van der Waals surface area contributed by atoms with E-state index in [2.05, 4.69) is 4.98 Å². The van der Waals surface area contributed by atoms with Crippen LogP contribution in [0.15, 0.2) is 5.38 Å². The van der Waals surface area contributed by atoms with Crippen LogP contribution in [0.3, 0.4) is 0 Å². The van der Waals surface area contributed by atoms with Crippen molar-refractivity contribution in [3.63, 3.8) is 0 Å². The van der Waals surface area contributed by atoms with E-state index in [1.807, 2.05) is 13.8 Å². The Morgan fingerprint density at radius 2 is 2.19 bits per heavy atom. The largest absolute Gasteiger partial charge is 0.476 e. The van der Waals surface area contributed by atoms with Gasteiger partial charge in [0.2, 0.25) is 5.01 Å². The molecule has 16 heavy (non-hydrogen) atoms. The molecule has 0 saturated heterocycles. The normalized spacial score (nSPS) is 11.9. The van der Waals surface area contributed by atoms with Gasteiger partial charge in [-0.1, -0.05) is 13.8 Å². The van der Waals surface area contributed by atoms with Crippen LogP contribution in [0.5, 0.6) is 0 Å². The molecule has 0 aliphatic heterocycles. The number of hydrogen-bond acceptors (Lipinski definition) is 5. The van der Waals surface area contributed by atoms with E-state index in [0.717, 1.165) is 11.3 Å². The summed E-state index contributed by atoms with van der Waals surface area (Å²) in [5.41, 5.74) is 0.308. The third kappa shape index (κ3) is 3.90. The Morgan fingerprint density at radius 1 is 1.56 bits per heavy atom. The molecule has 0 bridgehead atoms. The minimum atomic E-state index is -3.20. The smallest absolute Gasteiger partial charge is 0.365 e. The number of rotatable bonds is 5. The van der Waals surface area contributed by atoms with Gasteiger partial charge in [0.25, 0.3) is 0 Å². The molecule has 0 radical (unpaired) electrons. The molecule has 1 N–H and O–H groups in total. The van der Waals surface area contributed by atoms with E-state index in [-0.39, 0.29) is 22.4 Å². The summed E-state index contributed by atoms with van der Waals surface area (Å²) >= 11 is 0.942. The van der Waals surface area contributed by atoms with Crippen molar-refractivity contribution >= 4 is 27.1 Å². The third-order valence-corrected chi connectivity index (χ3v) is 4.48. The molecule has 0 aromatic carbocycles. The summed E-state index contributed by atoms with van der Waals surface area (Å²) in [5.74, 6) is -1.16. The highest BCUT2D eigenvalue weighted by atomic mass is 32.2. The van der Waals surface area contributed by atoms with E-state index in [0.29, 0.717) is 5.69 Å². The lowest BCUT2D eigenvalue weighted by Gasteiger charge is -2.04. The quantitative estimate of drug-likeness (QED) is 0.868. The summed E-state index contributed by atoms with van der Waals surface area (Å²) in [6, 6.07) is 0. The van der Waals surface area contributed by atoms with Crippen molar-refractivity contribution < 1.29 is 18.3 Å². The van der Waals surface area contributed by atoms with E-state index in [4.69, 9.17) is 5.11 Å². The molecule has 1 heterocycles. The maximum absolute atomic E-state index is 11.6. The average molecular weight is 263 g/mol. The standard InChI is InChI=1S/C9H13NO4S2/c1-6(2)4-16(13,14)5-7-3-15-8(10-7)9(11)12/h3,6H,4-5H2,1-2H3,(H,11,12). The predicted octanol–water partition coefficient (Wildman–Crippen LogP) is 1.41. The fraction of sp³-hybridized carbons (Fsp3) is 0.556. The molecular weight excluding hydrogens is 250 g/mol. The summed E-state index contributed by atoms with van der Waals surface area (Å²) in [5, 5.41) is 10.0. The zero-order chi connectivity index (χ0) is 12.3. The number of carboxylic acids is 1. The van der Waals surface area contributed by atoms with Gasteiger partial charge in [0.1, 0.15) is 0 Å². The zero-order valence-electron chi connectivity index (χ0n) is 9.00. The van der Waals surface area contributed by atoms with Crippen molar-refractivity contribution in [2.45, 2.75) is 19.6 Å². The van der Waals surface area contributed by atoms with Crippen molar-refractivity contribution in [1.82, 2.24) is 4.98 Å². The average Bonchev–Trinajstić information content (AvgIpc) is 2.48. The Kier molecular flexibility index (Phi) is 4.03. The SMILES string of the molecule is CC(C)CS(=O)(=O)Cc1csc(C(=O)O)n1. The maximum Gasteiger partial charge on any atom is 0.365 e. The molecule has 0 aliphatic carbocycles. The Morgan fingerprint density at radius 3 is 2.62 bits per heavy atom. The third-order valence-electron chi connectivity index (χ3n) is 1.69. The predicted molar refractivity (Wildman–Crippen MR) is 61.4 cm³/mol. The van der Waals surface area contributed by atoms with Gasteiger partial charge in [-0.2, -0.15) is 0 Å². The monoisotopic (exact) mass is 263 g/mol. The second-order valence-electron chi connectivity index (χ2n) is 3.90. The van der Waals surface area contributed by atoms with Crippen LogP contribution in [-0.4, -0.2) is 30.2 Å². The maximum atomic E-state index is 11.6. The first-order valence-electron chi connectivity index (χ1n) is 4.68. The van der Waals surface area contributed by atoms with Gasteiger partial charge < -0.3 is 5.11 Å². The number of aromatic carboxylic acids is 1. The Labute approximate surface area is 98.1 Å². The van der Waals surface area contributed by atoms with Crippen molar-refractivity contribution in [1.29, 1.82) is 0 Å². The molecule has 1 aromatic rings. The minimum Gasteiger partial charge on any atom is -0.476 e. The van der Waals surface area contributed by atoms with Crippen molar-refractivity contribution in [3.8, 4) is 0 Å². The first kappa shape index (κ1) is 13.1. The zero-order valence-corrected chi connectivity index (χ0v) is 10.6. The molecule has 90 valence electrons. The Balaban J connectivity index is 2.77. The lowest BCUT2D eigenvalue weighted by molar-refractivity contribution is 0.0696. The van der Waals surface area contributed by atoms with Crippen LogP contribution in [0.1, 0.15) is 29.3 Å². The van der Waals surface area contributed by atoms with Gasteiger partial charge in [0.15, 0.2) is 9.84 Å². The van der Waals surface area contributed by atoms with Crippen LogP contribution < -0.4 is 0 Å². The van der Waals surface area contributed by atoms with Crippen LogP contribution in [0, 0.1) is 5.92 Å². The van der Waals surface area contributed by atoms with Crippen molar-refractivity contribution in [2.24, 2.45) is 5.92 Å². The van der Waals surface area contributed by atoms with Crippen LogP contribution >= 0.6 is 11.3 Å². The van der Waals surface area contributed by atoms with E-state index in [1.54, 1.807) is 0 Å². The fourth-order valence-corrected chi connectivity index (χ4v) is 3.76. The number of thiazole rings is 1. The number of carboxylic acid groups (broad SMARTS) is 1. The number of nitrogens with zero attached hydrogens (tertiary/aromatic N) is 1. The fourth-order valence-electron chi connectivity index (χ4n) is 1.26. The van der Waals surface area contributed by atoms with Crippen molar-refractivity contribution in [2.75, 3.05) is 5.75 Å². The molecule has 0 saturated carbocycles. The summed E-state index contributed by atoms with van der Waals surface area (Å²) in [6.07, 6.45) is 0. The van der Waals surface area contributed by atoms with Crippen molar-refractivity contribution in [3.05, 3.63) is 16.1 Å². The van der Waals surface area contributed by atoms with Crippen LogP contribution in [0.4, 0.5) is 0 Å². The van der Waals surface area contributed by atoms with Gasteiger partial charge in [-0.3, -0.25) is 0 Å². The van der Waals surface area contributed by atoms with Crippen LogP contribution in [-0.2, 0) is 15.6 Å². The lowest BCUT2D eigenvalue weighted by atomic mass is 10.3. The number of aromatic nitrogens is 1. The summed E-state index contributed by atoms with van der Waals surface area (Å²) in [6.45, 7) is 3.64. The number of sulfone groups is 1. The second-order valence-corrected chi connectivity index (χ2v) is 6.86. The summed E-state index contributed by atoms with van der Waals surface area (Å²) in [7, 11) is -3.20. The molecule has 1 aromatic heterocycles. The second kappa shape index (κ2) is 4.92. The van der Waals surface area contributed by atoms with E-state index < -0.39 is 15.8 Å². The van der Waals surface area contributed by atoms with Gasteiger partial charge >= 0.3 is 5.97 Å².